The molecule has 0 unspecified atom stereocenters. The van der Waals surface area contributed by atoms with Gasteiger partial charge in [-0.1, -0.05) is 60.7 Å². The number of hydrogen-bond donors (Lipinski definition) is 0. The minimum absolute atomic E-state index is 0.0563. The molecular formula is C23H14F6O3. The lowest BCUT2D eigenvalue weighted by Gasteiger charge is -2.27. The maximum Gasteiger partial charge on any atom is 0.319 e. The number of ether oxygens (including phenoxy) is 1. The molecule has 0 heterocycles. The first kappa shape index (κ1) is 23.1. The average molecular weight is 452 g/mol. The van der Waals surface area contributed by atoms with E-state index in [-0.39, 0.29) is 17.4 Å². The molecule has 0 aliphatic heterocycles. The monoisotopic (exact) mass is 452 g/mol. The van der Waals surface area contributed by atoms with E-state index in [4.69, 9.17) is 0 Å². The van der Waals surface area contributed by atoms with Gasteiger partial charge in [-0.05, 0) is 11.1 Å². The lowest BCUT2D eigenvalue weighted by molar-refractivity contribution is -0.137. The zero-order chi connectivity index (χ0) is 23.4. The molecule has 0 spiro atoms. The maximum absolute atomic E-state index is 14.8. The lowest BCUT2D eigenvalue weighted by Crippen LogP contribution is -2.31. The van der Waals surface area contributed by atoms with E-state index in [1.165, 1.54) is 48.5 Å². The summed E-state index contributed by atoms with van der Waals surface area (Å²) in [5.74, 6) is -18.3. The predicted octanol–water partition coefficient (Wildman–Crippen LogP) is 5.39. The molecule has 0 fully saturated rings. The van der Waals surface area contributed by atoms with Crippen LogP contribution in [0.2, 0.25) is 0 Å². The Labute approximate surface area is 178 Å². The lowest BCUT2D eigenvalue weighted by atomic mass is 9.78. The Hall–Kier alpha value is -3.62. The largest absolute Gasteiger partial charge is 0.419 e. The minimum atomic E-state index is -2.42. The molecule has 0 bridgehead atoms. The van der Waals surface area contributed by atoms with Crippen molar-refractivity contribution in [3.63, 3.8) is 0 Å². The van der Waals surface area contributed by atoms with E-state index in [0.717, 1.165) is 0 Å². The van der Waals surface area contributed by atoms with Crippen LogP contribution in [-0.4, -0.2) is 18.4 Å². The van der Waals surface area contributed by atoms with Gasteiger partial charge in [0.05, 0.1) is 5.92 Å². The van der Waals surface area contributed by atoms with Gasteiger partial charge in [0.25, 0.3) is 0 Å². The Balaban J connectivity index is 2.14. The average Bonchev–Trinajstić information content (AvgIpc) is 2.83. The summed E-state index contributed by atoms with van der Waals surface area (Å²) in [7, 11) is 0. The highest BCUT2D eigenvalue weighted by Crippen LogP contribution is 2.39. The summed E-state index contributed by atoms with van der Waals surface area (Å²) >= 11 is 0. The van der Waals surface area contributed by atoms with Crippen molar-refractivity contribution in [3.8, 4) is 5.75 Å². The smallest absolute Gasteiger partial charge is 0.319 e. The first-order chi connectivity index (χ1) is 15.3. The number of carbonyl (C=O) groups excluding carboxylic acids is 2. The molecule has 0 saturated carbocycles. The summed E-state index contributed by atoms with van der Waals surface area (Å²) in [6.45, 7) is 0. The molecule has 0 amide bonds. The Morgan fingerprint density at radius 2 is 1.16 bits per heavy atom. The number of alkyl halides is 1. The number of benzene rings is 3. The van der Waals surface area contributed by atoms with Crippen molar-refractivity contribution in [1.29, 1.82) is 0 Å². The summed E-state index contributed by atoms with van der Waals surface area (Å²) < 4.78 is 87.8. The Morgan fingerprint density at radius 3 is 1.62 bits per heavy atom. The fraction of sp³-hybridized carbons (Fsp3) is 0.130. The molecule has 32 heavy (non-hydrogen) atoms. The Kier molecular flexibility index (Phi) is 6.97. The van der Waals surface area contributed by atoms with Crippen LogP contribution in [0.15, 0.2) is 60.7 Å². The fourth-order valence-corrected chi connectivity index (χ4v) is 3.31. The van der Waals surface area contributed by atoms with Crippen LogP contribution in [0, 0.1) is 29.1 Å². The van der Waals surface area contributed by atoms with Crippen LogP contribution >= 0.6 is 0 Å². The van der Waals surface area contributed by atoms with E-state index in [1.807, 2.05) is 0 Å². The molecule has 0 aromatic heterocycles. The molecule has 3 aromatic carbocycles. The molecule has 3 nitrogen and oxygen atoms in total. The van der Waals surface area contributed by atoms with Gasteiger partial charge in [-0.15, -0.1) is 0 Å². The first-order valence-corrected chi connectivity index (χ1v) is 9.20. The van der Waals surface area contributed by atoms with Gasteiger partial charge in [0.2, 0.25) is 34.8 Å². The summed E-state index contributed by atoms with van der Waals surface area (Å²) in [6, 6.07) is 14.7. The zero-order valence-electron chi connectivity index (χ0n) is 16.1. The third kappa shape index (κ3) is 4.37. The Morgan fingerprint density at radius 1 is 0.719 bits per heavy atom. The second-order valence-electron chi connectivity index (χ2n) is 6.73. The van der Waals surface area contributed by atoms with Gasteiger partial charge >= 0.3 is 5.97 Å². The fourth-order valence-electron chi connectivity index (χ4n) is 3.31. The topological polar surface area (TPSA) is 43.4 Å². The van der Waals surface area contributed by atoms with Crippen molar-refractivity contribution in [2.45, 2.75) is 18.0 Å². The number of halogens is 6. The van der Waals surface area contributed by atoms with Crippen LogP contribution in [0.3, 0.4) is 0 Å². The summed E-state index contributed by atoms with van der Waals surface area (Å²) in [5, 5.41) is 0. The molecule has 0 aliphatic carbocycles. The normalized spacial score (nSPS) is 13.8. The number of hydrogen-bond acceptors (Lipinski definition) is 3. The van der Waals surface area contributed by atoms with Crippen molar-refractivity contribution >= 4 is 12.3 Å². The van der Waals surface area contributed by atoms with E-state index in [0.29, 0.717) is 0 Å². The van der Waals surface area contributed by atoms with E-state index < -0.39 is 58.8 Å². The first-order valence-electron chi connectivity index (χ1n) is 9.20. The molecule has 0 N–H and O–H groups in total. The number of aldehydes is 1. The van der Waals surface area contributed by atoms with Crippen LogP contribution in [0.4, 0.5) is 26.3 Å². The third-order valence-corrected chi connectivity index (χ3v) is 4.80. The molecule has 0 aliphatic rings. The van der Waals surface area contributed by atoms with Gasteiger partial charge in [0, 0.05) is 5.92 Å². The van der Waals surface area contributed by atoms with Gasteiger partial charge in [-0.3, -0.25) is 4.79 Å². The SMILES string of the molecule is O=C[C@H](F)[C@H](c1ccccc1)[C@@H](C(=O)Oc1c(F)c(F)c(F)c(F)c1F)c1ccccc1. The highest BCUT2D eigenvalue weighted by atomic mass is 19.2. The molecule has 9 heteroatoms. The molecule has 3 rings (SSSR count). The van der Waals surface area contributed by atoms with E-state index in [1.54, 1.807) is 12.1 Å². The summed E-state index contributed by atoms with van der Waals surface area (Å²) in [5.41, 5.74) is 0.273. The zero-order valence-corrected chi connectivity index (χ0v) is 16.1. The summed E-state index contributed by atoms with van der Waals surface area (Å²) in [4.78, 5) is 24.3. The van der Waals surface area contributed by atoms with Crippen molar-refractivity contribution in [3.05, 3.63) is 101 Å². The highest BCUT2D eigenvalue weighted by Gasteiger charge is 2.40. The van der Waals surface area contributed by atoms with Crippen molar-refractivity contribution in [2.75, 3.05) is 0 Å². The molecular weight excluding hydrogens is 438 g/mol. The standard InChI is InChI=1S/C23H14F6O3/c24-14(11-30)15(12-7-3-1-4-8-12)16(13-9-5-2-6-10-13)23(31)32-22-20(28)18(26)17(25)19(27)21(22)29/h1-11,14-16H/t14-,15-,16-/m0/s1. The van der Waals surface area contributed by atoms with E-state index >= 15 is 0 Å². The van der Waals surface area contributed by atoms with Crippen LogP contribution in [0.25, 0.3) is 0 Å². The van der Waals surface area contributed by atoms with Crippen molar-refractivity contribution in [1.82, 2.24) is 0 Å². The quantitative estimate of drug-likeness (QED) is 0.121. The van der Waals surface area contributed by atoms with Gasteiger partial charge in [-0.25, -0.2) is 17.6 Å². The number of esters is 1. The number of carbonyl (C=O) groups is 2. The van der Waals surface area contributed by atoms with Gasteiger partial charge in [0.1, 0.15) is 0 Å². The maximum atomic E-state index is 14.8. The van der Waals surface area contributed by atoms with Gasteiger partial charge in [0.15, 0.2) is 12.5 Å². The number of rotatable bonds is 7. The van der Waals surface area contributed by atoms with Gasteiger partial charge < -0.3 is 9.53 Å². The molecule has 166 valence electrons. The molecule has 0 saturated heterocycles. The van der Waals surface area contributed by atoms with Crippen LogP contribution in [0.5, 0.6) is 5.75 Å². The second-order valence-corrected chi connectivity index (χ2v) is 6.73. The summed E-state index contributed by atoms with van der Waals surface area (Å²) in [6.07, 6.45) is -2.31. The molecule has 3 aromatic rings. The van der Waals surface area contributed by atoms with E-state index in [9.17, 15) is 35.9 Å². The molecule has 3 atom stereocenters. The highest BCUT2D eigenvalue weighted by molar-refractivity contribution is 5.83. The van der Waals surface area contributed by atoms with Crippen molar-refractivity contribution < 1.29 is 40.7 Å². The third-order valence-electron chi connectivity index (χ3n) is 4.80. The predicted molar refractivity (Wildman–Crippen MR) is 101 cm³/mol. The minimum Gasteiger partial charge on any atom is -0.419 e. The second kappa shape index (κ2) is 9.67. The van der Waals surface area contributed by atoms with Crippen LogP contribution < -0.4 is 4.74 Å². The van der Waals surface area contributed by atoms with Crippen molar-refractivity contribution in [2.24, 2.45) is 0 Å². The van der Waals surface area contributed by atoms with Crippen LogP contribution in [-0.2, 0) is 9.59 Å². The van der Waals surface area contributed by atoms with E-state index in [2.05, 4.69) is 4.74 Å². The Bertz CT molecular complexity index is 1090. The van der Waals surface area contributed by atoms with Gasteiger partial charge in [-0.2, -0.15) is 8.78 Å². The van der Waals surface area contributed by atoms with Crippen LogP contribution in [0.1, 0.15) is 23.0 Å². The molecule has 0 radical (unpaired) electrons.